The van der Waals surface area contributed by atoms with Crippen LogP contribution in [0.2, 0.25) is 0 Å². The summed E-state index contributed by atoms with van der Waals surface area (Å²) in [4.78, 5) is 11.6. The van der Waals surface area contributed by atoms with Crippen molar-refractivity contribution in [2.24, 2.45) is 11.8 Å². The highest BCUT2D eigenvalue weighted by Crippen LogP contribution is 2.34. The first-order chi connectivity index (χ1) is 6.83. The zero-order chi connectivity index (χ0) is 9.54. The normalized spacial score (nSPS) is 40.1. The van der Waals surface area contributed by atoms with Crippen molar-refractivity contribution < 1.29 is 4.79 Å². The maximum atomic E-state index is 11.6. The van der Waals surface area contributed by atoms with Gasteiger partial charge >= 0.3 is 0 Å². The predicted molar refractivity (Wildman–Crippen MR) is 53.8 cm³/mol. The lowest BCUT2D eigenvalue weighted by Gasteiger charge is -2.36. The van der Waals surface area contributed by atoms with E-state index in [-0.39, 0.29) is 5.91 Å². The Morgan fingerprint density at radius 1 is 1.43 bits per heavy atom. The smallest absolute Gasteiger partial charge is 0.220 e. The summed E-state index contributed by atoms with van der Waals surface area (Å²) < 4.78 is 0. The lowest BCUT2D eigenvalue weighted by atomic mass is 9.79. The summed E-state index contributed by atoms with van der Waals surface area (Å²) in [6, 6.07) is 1.05. The van der Waals surface area contributed by atoms with Crippen LogP contribution in [0.25, 0.3) is 0 Å². The second-order valence-electron chi connectivity index (χ2n) is 5.10. The Bertz CT molecular complexity index is 236. The summed E-state index contributed by atoms with van der Waals surface area (Å²) in [6.07, 6.45) is 5.91. The molecule has 2 saturated carbocycles. The molecule has 0 aromatic rings. The third kappa shape index (κ3) is 1.34. The molecule has 3 nitrogen and oxygen atoms in total. The van der Waals surface area contributed by atoms with Crippen molar-refractivity contribution in [1.29, 1.82) is 0 Å². The first-order valence-corrected chi connectivity index (χ1v) is 5.85. The Kier molecular flexibility index (Phi) is 2.01. The van der Waals surface area contributed by atoms with Gasteiger partial charge in [-0.25, -0.2) is 0 Å². The van der Waals surface area contributed by atoms with E-state index >= 15 is 0 Å². The molecule has 2 saturated heterocycles. The molecule has 0 aromatic heterocycles. The molecule has 14 heavy (non-hydrogen) atoms. The average molecular weight is 194 g/mol. The van der Waals surface area contributed by atoms with Gasteiger partial charge < -0.3 is 10.6 Å². The fourth-order valence-corrected chi connectivity index (χ4v) is 2.90. The van der Waals surface area contributed by atoms with Crippen LogP contribution in [0.1, 0.15) is 32.1 Å². The van der Waals surface area contributed by atoms with E-state index in [4.69, 9.17) is 0 Å². The summed E-state index contributed by atoms with van der Waals surface area (Å²) in [7, 11) is 0. The van der Waals surface area contributed by atoms with Gasteiger partial charge in [-0.2, -0.15) is 0 Å². The number of amides is 1. The Morgan fingerprint density at radius 2 is 2.29 bits per heavy atom. The molecule has 0 radical (unpaired) electrons. The monoisotopic (exact) mass is 194 g/mol. The first-order valence-electron chi connectivity index (χ1n) is 5.85. The van der Waals surface area contributed by atoms with E-state index in [0.717, 1.165) is 18.9 Å². The largest absolute Gasteiger partial charge is 0.351 e. The van der Waals surface area contributed by atoms with E-state index in [9.17, 15) is 4.79 Å². The summed E-state index contributed by atoms with van der Waals surface area (Å²) in [5.41, 5.74) is 0. The zero-order valence-corrected chi connectivity index (χ0v) is 8.46. The highest BCUT2D eigenvalue weighted by atomic mass is 16.1. The molecule has 0 spiro atoms. The number of fused-ring (bicyclic) bond motifs is 1. The Labute approximate surface area is 84.6 Å². The highest BCUT2D eigenvalue weighted by molar-refractivity contribution is 5.77. The average Bonchev–Trinajstić information content (AvgIpc) is 2.68. The molecule has 4 aliphatic rings. The van der Waals surface area contributed by atoms with Gasteiger partial charge in [0.25, 0.3) is 0 Å². The number of carbonyl (C=O) groups is 1. The van der Waals surface area contributed by atoms with E-state index in [1.165, 1.54) is 25.7 Å². The van der Waals surface area contributed by atoms with E-state index < -0.39 is 0 Å². The highest BCUT2D eigenvalue weighted by Gasteiger charge is 2.47. The van der Waals surface area contributed by atoms with Crippen LogP contribution in [0.4, 0.5) is 0 Å². The van der Waals surface area contributed by atoms with E-state index in [1.54, 1.807) is 0 Å². The summed E-state index contributed by atoms with van der Waals surface area (Å²) >= 11 is 0. The van der Waals surface area contributed by atoms with Crippen molar-refractivity contribution in [1.82, 2.24) is 10.6 Å². The van der Waals surface area contributed by atoms with Crippen molar-refractivity contribution in [3.05, 3.63) is 0 Å². The third-order valence-corrected chi connectivity index (χ3v) is 4.17. The second kappa shape index (κ2) is 3.23. The summed E-state index contributed by atoms with van der Waals surface area (Å²) in [5, 5.41) is 6.59. The molecule has 1 amide bonds. The fourth-order valence-electron chi connectivity index (χ4n) is 2.90. The minimum absolute atomic E-state index is 0.290. The molecule has 2 aliphatic carbocycles. The van der Waals surface area contributed by atoms with Gasteiger partial charge in [-0.15, -0.1) is 0 Å². The van der Waals surface area contributed by atoms with E-state index in [1.807, 2.05) is 0 Å². The van der Waals surface area contributed by atoms with Crippen molar-refractivity contribution in [3.63, 3.8) is 0 Å². The van der Waals surface area contributed by atoms with Crippen LogP contribution in [0, 0.1) is 11.8 Å². The van der Waals surface area contributed by atoms with Crippen LogP contribution in [-0.4, -0.2) is 24.5 Å². The van der Waals surface area contributed by atoms with Crippen LogP contribution < -0.4 is 10.6 Å². The van der Waals surface area contributed by atoms with Crippen molar-refractivity contribution in [2.75, 3.05) is 6.54 Å². The minimum Gasteiger partial charge on any atom is -0.351 e. The maximum absolute atomic E-state index is 11.6. The predicted octanol–water partition coefficient (Wildman–Crippen LogP) is 0.653. The molecule has 4 fully saturated rings. The lowest BCUT2D eigenvalue weighted by molar-refractivity contribution is -0.124. The van der Waals surface area contributed by atoms with E-state index in [2.05, 4.69) is 10.6 Å². The summed E-state index contributed by atoms with van der Waals surface area (Å²) in [5.74, 6) is 1.71. The van der Waals surface area contributed by atoms with Gasteiger partial charge in [0.1, 0.15) is 0 Å². The number of hydrogen-bond acceptors (Lipinski definition) is 2. The second-order valence-corrected chi connectivity index (χ2v) is 5.10. The SMILES string of the molecule is O=C(CC1CCC1)NC1C2CNC1C2. The van der Waals surface area contributed by atoms with Gasteiger partial charge in [0.05, 0.1) is 0 Å². The van der Waals surface area contributed by atoms with Gasteiger partial charge in [-0.05, 0) is 31.1 Å². The maximum Gasteiger partial charge on any atom is 0.220 e. The summed E-state index contributed by atoms with van der Waals surface area (Å²) in [6.45, 7) is 1.11. The lowest BCUT2D eigenvalue weighted by Crippen LogP contribution is -2.54. The third-order valence-electron chi connectivity index (χ3n) is 4.17. The molecular formula is C11H18N2O. The van der Waals surface area contributed by atoms with Gasteiger partial charge in [0.15, 0.2) is 0 Å². The number of rotatable bonds is 3. The van der Waals surface area contributed by atoms with Crippen LogP contribution in [-0.2, 0) is 4.79 Å². The zero-order valence-electron chi connectivity index (χ0n) is 8.46. The van der Waals surface area contributed by atoms with Crippen LogP contribution in [0.3, 0.4) is 0 Å². The molecule has 2 N–H and O–H groups in total. The number of carbonyl (C=O) groups excluding carboxylic acids is 1. The van der Waals surface area contributed by atoms with Gasteiger partial charge in [-0.1, -0.05) is 6.42 Å². The molecular weight excluding hydrogens is 176 g/mol. The molecule has 2 heterocycles. The molecule has 4 rings (SSSR count). The quantitative estimate of drug-likeness (QED) is 0.692. The molecule has 3 heteroatoms. The molecule has 2 aliphatic heterocycles. The minimum atomic E-state index is 0.290. The van der Waals surface area contributed by atoms with Crippen LogP contribution in [0.5, 0.6) is 0 Å². The van der Waals surface area contributed by atoms with Gasteiger partial charge in [0.2, 0.25) is 5.91 Å². The van der Waals surface area contributed by atoms with Crippen LogP contribution >= 0.6 is 0 Å². The Morgan fingerprint density at radius 3 is 2.79 bits per heavy atom. The molecule has 2 bridgehead atoms. The van der Waals surface area contributed by atoms with Crippen molar-refractivity contribution >= 4 is 5.91 Å². The molecule has 3 unspecified atom stereocenters. The number of nitrogens with one attached hydrogen (secondary N) is 2. The molecule has 78 valence electrons. The van der Waals surface area contributed by atoms with Crippen molar-refractivity contribution in [2.45, 2.75) is 44.2 Å². The standard InChI is InChI=1S/C11H18N2O/c14-10(4-7-2-1-3-7)13-11-8-5-9(11)12-6-8/h7-9,11-12H,1-6H2,(H,13,14). The first kappa shape index (κ1) is 8.72. The Balaban J connectivity index is 1.45. The number of hydrogen-bond donors (Lipinski definition) is 2. The van der Waals surface area contributed by atoms with Crippen LogP contribution in [0.15, 0.2) is 0 Å². The topological polar surface area (TPSA) is 41.1 Å². The molecule has 0 aromatic carbocycles. The Hall–Kier alpha value is -0.570. The molecule has 3 atom stereocenters. The van der Waals surface area contributed by atoms with Gasteiger partial charge in [-0.3, -0.25) is 4.79 Å². The van der Waals surface area contributed by atoms with E-state index in [0.29, 0.717) is 18.0 Å². The van der Waals surface area contributed by atoms with Gasteiger partial charge in [0, 0.05) is 25.0 Å². The fraction of sp³-hybridized carbons (Fsp3) is 0.909. The van der Waals surface area contributed by atoms with Crippen molar-refractivity contribution in [3.8, 4) is 0 Å².